The number of unbranched alkanes of at least 4 members (excludes halogenated alkanes) is 2. The van der Waals surface area contributed by atoms with E-state index in [1.54, 1.807) is 0 Å². The first-order valence-corrected chi connectivity index (χ1v) is 19.9. The summed E-state index contributed by atoms with van der Waals surface area (Å²) in [5.74, 6) is 12.5. The summed E-state index contributed by atoms with van der Waals surface area (Å²) in [6.07, 6.45) is 19.1. The summed E-state index contributed by atoms with van der Waals surface area (Å²) in [4.78, 5) is 4.48. The van der Waals surface area contributed by atoms with Crippen molar-refractivity contribution < 1.29 is 14.2 Å². The highest BCUT2D eigenvalue weighted by molar-refractivity contribution is 9.12. The van der Waals surface area contributed by atoms with E-state index in [4.69, 9.17) is 25.8 Å². The van der Waals surface area contributed by atoms with Crippen LogP contribution in [0.15, 0.2) is 82.0 Å². The van der Waals surface area contributed by atoms with Crippen LogP contribution in [0.25, 0.3) is 0 Å². The maximum Gasteiger partial charge on any atom is 0.222 e. The summed E-state index contributed by atoms with van der Waals surface area (Å²) >= 11 is 9.49. The molecule has 0 bridgehead atoms. The maximum absolute atomic E-state index is 6.57. The van der Waals surface area contributed by atoms with Gasteiger partial charge in [-0.3, -0.25) is 0 Å². The first-order valence-electron chi connectivity index (χ1n) is 18.7. The molecule has 3 aliphatic rings. The van der Waals surface area contributed by atoms with Crippen LogP contribution >= 0.6 is 27.5 Å². The van der Waals surface area contributed by atoms with Crippen LogP contribution in [-0.4, -0.2) is 33.0 Å². The number of hydrogen-bond acceptors (Lipinski definition) is 5. The van der Waals surface area contributed by atoms with E-state index in [1.807, 2.05) is 6.07 Å². The third kappa shape index (κ3) is 8.19. The second kappa shape index (κ2) is 17.3. The molecule has 5 rings (SSSR count). The van der Waals surface area contributed by atoms with E-state index in [2.05, 4.69) is 171 Å². The molecular formula is C46H52BrClN2O3. The van der Waals surface area contributed by atoms with Crippen LogP contribution in [0, 0.1) is 35.2 Å². The normalized spacial score (nSPS) is 21.0. The molecule has 0 radical (unpaired) electrons. The first-order chi connectivity index (χ1) is 25.4. The van der Waals surface area contributed by atoms with E-state index in [0.29, 0.717) is 6.61 Å². The van der Waals surface area contributed by atoms with Gasteiger partial charge in [0.1, 0.15) is 17.6 Å². The fraction of sp³-hybridized carbons (Fsp3) is 0.435. The molecule has 5 nitrogen and oxygen atoms in total. The largest absolute Gasteiger partial charge is 0.494 e. The SMILES string of the molecule is CCCCOc1ccc2c(c1)C(C)(C)C(=CC=C1CCCC(C=CC3(OC#CC#CC#CCl)N(C)c4ccc(OCCCC)cc4C3(C)C)=C1Br)N2C. The molecule has 7 heteroatoms. The van der Waals surface area contributed by atoms with Crippen molar-refractivity contribution in [2.75, 3.05) is 37.1 Å². The van der Waals surface area contributed by atoms with Gasteiger partial charge in [0.25, 0.3) is 0 Å². The van der Waals surface area contributed by atoms with E-state index in [1.165, 1.54) is 28.1 Å². The lowest BCUT2D eigenvalue weighted by Crippen LogP contribution is -2.54. The van der Waals surface area contributed by atoms with Crippen molar-refractivity contribution >= 4 is 38.9 Å². The van der Waals surface area contributed by atoms with E-state index in [0.717, 1.165) is 78.8 Å². The van der Waals surface area contributed by atoms with Crippen LogP contribution in [0.1, 0.15) is 97.6 Å². The average Bonchev–Trinajstić information content (AvgIpc) is 3.43. The van der Waals surface area contributed by atoms with Crippen LogP contribution in [-0.2, 0) is 15.6 Å². The monoisotopic (exact) mass is 794 g/mol. The van der Waals surface area contributed by atoms with Gasteiger partial charge in [-0.25, -0.2) is 0 Å². The first kappa shape index (κ1) is 40.0. The van der Waals surface area contributed by atoms with Gasteiger partial charge < -0.3 is 24.0 Å². The van der Waals surface area contributed by atoms with Gasteiger partial charge in [0.2, 0.25) is 5.72 Å². The quantitative estimate of drug-likeness (QED) is 0.158. The minimum Gasteiger partial charge on any atom is -0.494 e. The molecule has 2 aliphatic heterocycles. The van der Waals surface area contributed by atoms with E-state index in [-0.39, 0.29) is 5.41 Å². The molecule has 0 saturated heterocycles. The lowest BCUT2D eigenvalue weighted by molar-refractivity contribution is 0.0320. The van der Waals surface area contributed by atoms with Crippen molar-refractivity contribution in [1.29, 1.82) is 0 Å². The third-order valence-electron chi connectivity index (χ3n) is 10.8. The van der Waals surface area contributed by atoms with Crippen molar-refractivity contribution in [2.24, 2.45) is 0 Å². The summed E-state index contributed by atoms with van der Waals surface area (Å²) in [7, 11) is 4.22. The molecule has 1 atom stereocenters. The predicted octanol–water partition coefficient (Wildman–Crippen LogP) is 11.3. The smallest absolute Gasteiger partial charge is 0.222 e. The summed E-state index contributed by atoms with van der Waals surface area (Å²) < 4.78 is 19.9. The van der Waals surface area contributed by atoms with E-state index >= 15 is 0 Å². The summed E-state index contributed by atoms with van der Waals surface area (Å²) in [6, 6.07) is 12.8. The highest BCUT2D eigenvalue weighted by Gasteiger charge is 2.57. The molecule has 0 fully saturated rings. The van der Waals surface area contributed by atoms with Crippen LogP contribution < -0.4 is 19.3 Å². The van der Waals surface area contributed by atoms with Crippen LogP contribution in [0.5, 0.6) is 11.5 Å². The molecule has 0 saturated carbocycles. The lowest BCUT2D eigenvalue weighted by Gasteiger charge is -2.41. The van der Waals surface area contributed by atoms with Crippen molar-refractivity contribution in [1.82, 2.24) is 0 Å². The van der Waals surface area contributed by atoms with Gasteiger partial charge in [-0.05, 0) is 128 Å². The predicted molar refractivity (Wildman–Crippen MR) is 225 cm³/mol. The molecule has 2 aromatic rings. The maximum atomic E-state index is 6.57. The highest BCUT2D eigenvalue weighted by atomic mass is 79.9. The van der Waals surface area contributed by atoms with Gasteiger partial charge in [-0.15, -0.1) is 0 Å². The number of ether oxygens (including phenoxy) is 3. The van der Waals surface area contributed by atoms with Crippen LogP contribution in [0.3, 0.4) is 0 Å². The zero-order valence-corrected chi connectivity index (χ0v) is 34.9. The van der Waals surface area contributed by atoms with E-state index in [9.17, 15) is 0 Å². The topological polar surface area (TPSA) is 34.2 Å². The molecule has 53 heavy (non-hydrogen) atoms. The van der Waals surface area contributed by atoms with Gasteiger partial charge in [0, 0.05) is 70.1 Å². The Morgan fingerprint density at radius 2 is 1.47 bits per heavy atom. The van der Waals surface area contributed by atoms with Gasteiger partial charge in [-0.2, -0.15) is 0 Å². The minimum atomic E-state index is -0.935. The second-order valence-corrected chi connectivity index (χ2v) is 15.9. The van der Waals surface area contributed by atoms with Crippen molar-refractivity contribution in [3.63, 3.8) is 0 Å². The number of benzene rings is 2. The third-order valence-corrected chi connectivity index (χ3v) is 11.9. The van der Waals surface area contributed by atoms with Gasteiger partial charge >= 0.3 is 0 Å². The molecule has 2 heterocycles. The van der Waals surface area contributed by atoms with Crippen molar-refractivity contribution in [3.05, 3.63) is 93.2 Å². The Morgan fingerprint density at radius 3 is 2.13 bits per heavy atom. The van der Waals surface area contributed by atoms with Crippen molar-refractivity contribution in [2.45, 2.75) is 103 Å². The fourth-order valence-electron chi connectivity index (χ4n) is 7.63. The molecule has 0 N–H and O–H groups in total. The number of rotatable bonds is 12. The molecule has 0 amide bonds. The molecular weight excluding hydrogens is 744 g/mol. The Balaban J connectivity index is 1.48. The number of allylic oxidation sites excluding steroid dienone is 7. The number of likely N-dealkylation sites (N-methyl/N-ethyl adjacent to an activating group) is 2. The number of fused-ring (bicyclic) bond motifs is 2. The summed E-state index contributed by atoms with van der Waals surface area (Å²) in [5, 5.41) is 2.26. The Hall–Kier alpha value is -4.15. The van der Waals surface area contributed by atoms with E-state index < -0.39 is 11.1 Å². The van der Waals surface area contributed by atoms with Gasteiger partial charge in [0.15, 0.2) is 0 Å². The summed E-state index contributed by atoms with van der Waals surface area (Å²) in [6.45, 7) is 14.8. The average molecular weight is 796 g/mol. The van der Waals surface area contributed by atoms with Crippen LogP contribution in [0.2, 0.25) is 0 Å². The molecule has 1 aliphatic carbocycles. The molecule has 0 spiro atoms. The standard InChI is InChI=1S/C46H52BrClN2O3/c1-9-11-29-51-36-21-23-40-38(32-36)44(3,4)42(49(40)7)25-20-34-18-17-19-35(43(34)47)26-27-46(53-31-16-14-13-15-28-48)45(5,6)39-33-37(52-30-12-10-2)22-24-41(39)50(46)8/h20-27,32-33H,9-12,17-19,29-30H2,1-8H3. The molecule has 1 unspecified atom stereocenters. The Bertz CT molecular complexity index is 2010. The molecule has 278 valence electrons. The highest BCUT2D eigenvalue weighted by Crippen LogP contribution is 2.54. The number of halogens is 2. The Labute approximate surface area is 331 Å². The molecule has 2 aromatic carbocycles. The lowest BCUT2D eigenvalue weighted by atomic mass is 9.77. The number of hydrogen-bond donors (Lipinski definition) is 0. The zero-order chi connectivity index (χ0) is 38.2. The molecule has 0 aromatic heterocycles. The second-order valence-electron chi connectivity index (χ2n) is 14.9. The van der Waals surface area contributed by atoms with Gasteiger partial charge in [0.05, 0.1) is 18.6 Å². The van der Waals surface area contributed by atoms with Gasteiger partial charge in [-0.1, -0.05) is 68.6 Å². The van der Waals surface area contributed by atoms with Crippen LogP contribution in [0.4, 0.5) is 11.4 Å². The number of nitrogens with zero attached hydrogens (tertiary/aromatic N) is 2. The van der Waals surface area contributed by atoms with Crippen molar-refractivity contribution in [3.8, 4) is 46.7 Å². The minimum absolute atomic E-state index is 0.168. The summed E-state index contributed by atoms with van der Waals surface area (Å²) in [5.41, 5.74) is 6.84. The Kier molecular flexibility index (Phi) is 13.1. The Morgan fingerprint density at radius 1 is 0.830 bits per heavy atom. The number of anilines is 2. The fourth-order valence-corrected chi connectivity index (χ4v) is 8.34. The zero-order valence-electron chi connectivity index (χ0n) is 32.5.